The summed E-state index contributed by atoms with van der Waals surface area (Å²) in [5, 5.41) is 9.17. The highest BCUT2D eigenvalue weighted by Crippen LogP contribution is 2.45. The van der Waals surface area contributed by atoms with Gasteiger partial charge in [-0.2, -0.15) is 0 Å². The Labute approximate surface area is 160 Å². The highest BCUT2D eigenvalue weighted by Gasteiger charge is 2.55. The average molecular weight is 382 g/mol. The van der Waals surface area contributed by atoms with E-state index in [4.69, 9.17) is 13.1 Å². The molecule has 0 aromatic carbocycles. The molecule has 0 bridgehead atoms. The van der Waals surface area contributed by atoms with Crippen molar-refractivity contribution in [2.24, 2.45) is 0 Å². The third-order valence-corrected chi connectivity index (χ3v) is 4.95. The molecule has 4 rings (SSSR count). The lowest BCUT2D eigenvalue weighted by atomic mass is 9.72. The number of pyridine rings is 2. The van der Waals surface area contributed by atoms with Crippen LogP contribution in [0.15, 0.2) is 36.7 Å². The molecule has 0 spiro atoms. The first-order valence-electron chi connectivity index (χ1n) is 8.55. The van der Waals surface area contributed by atoms with Gasteiger partial charge in [-0.15, -0.1) is 0 Å². The van der Waals surface area contributed by atoms with Gasteiger partial charge >= 0.3 is 0 Å². The number of hydrogen-bond acceptors (Lipinski definition) is 4. The quantitative estimate of drug-likeness (QED) is 0.810. The summed E-state index contributed by atoms with van der Waals surface area (Å²) in [6, 6.07) is 5.51. The summed E-state index contributed by atoms with van der Waals surface area (Å²) in [4.78, 5) is 25.3. The molecule has 0 amide bonds. The highest BCUT2D eigenvalue weighted by atomic mass is 19.1. The van der Waals surface area contributed by atoms with Crippen molar-refractivity contribution in [3.63, 3.8) is 0 Å². The van der Waals surface area contributed by atoms with E-state index in [0.29, 0.717) is 0 Å². The van der Waals surface area contributed by atoms with Gasteiger partial charge in [-0.1, -0.05) is 0 Å². The number of aromatic nitrogens is 2. The maximum atomic E-state index is 13.3. The number of aliphatic hydroxyl groups excluding tert-OH is 1. The number of hydrogen-bond donors (Lipinski definition) is 1. The van der Waals surface area contributed by atoms with Gasteiger partial charge < -0.3 is 14.8 Å². The van der Waals surface area contributed by atoms with Gasteiger partial charge in [0.15, 0.2) is 23.0 Å². The third-order valence-electron chi connectivity index (χ3n) is 4.95. The van der Waals surface area contributed by atoms with E-state index >= 15 is 0 Å². The zero-order valence-corrected chi connectivity index (χ0v) is 14.8. The summed E-state index contributed by atoms with van der Waals surface area (Å²) >= 11 is 0. The van der Waals surface area contributed by atoms with Crippen molar-refractivity contribution in [3.8, 4) is 0 Å². The molecule has 2 aromatic rings. The molecule has 2 heterocycles. The summed E-state index contributed by atoms with van der Waals surface area (Å²) in [5.74, 6) is -0.975. The second-order valence-electron chi connectivity index (χ2n) is 6.91. The summed E-state index contributed by atoms with van der Waals surface area (Å²) < 4.78 is 26.6. The Kier molecular flexibility index (Phi) is 5.17. The normalized spacial score (nSPS) is 24.5. The highest BCUT2D eigenvalue weighted by molar-refractivity contribution is 5.89. The van der Waals surface area contributed by atoms with Crippen molar-refractivity contribution in [1.29, 1.82) is 0 Å². The number of aliphatic hydroxyl groups is 1. The van der Waals surface area contributed by atoms with Crippen LogP contribution in [0.25, 0.3) is 9.69 Å². The molecule has 2 aromatic heterocycles. The minimum absolute atomic E-state index is 0.00828. The average Bonchev–Trinajstić information content (AvgIpc) is 2.64. The molecule has 2 aliphatic rings. The molecule has 142 valence electrons. The predicted octanol–water partition coefficient (Wildman–Crippen LogP) is 3.19. The van der Waals surface area contributed by atoms with Crippen molar-refractivity contribution >= 4 is 5.78 Å². The van der Waals surface area contributed by atoms with Crippen LogP contribution in [0.1, 0.15) is 37.1 Å². The van der Waals surface area contributed by atoms with Crippen LogP contribution in [-0.4, -0.2) is 27.0 Å². The van der Waals surface area contributed by atoms with Gasteiger partial charge in [0.1, 0.15) is 5.78 Å². The van der Waals surface area contributed by atoms with Gasteiger partial charge in [0.05, 0.1) is 31.8 Å². The second kappa shape index (κ2) is 7.41. The van der Waals surface area contributed by atoms with Crippen LogP contribution in [0.5, 0.6) is 0 Å². The van der Waals surface area contributed by atoms with Gasteiger partial charge in [-0.25, -0.2) is 31.9 Å². The third kappa shape index (κ3) is 3.35. The molecule has 2 aliphatic carbocycles. The largest absolute Gasteiger partial charge is 0.392 e. The topological polar surface area (TPSA) is 71.8 Å². The number of halogens is 2. The van der Waals surface area contributed by atoms with E-state index in [1.807, 2.05) is 0 Å². The lowest BCUT2D eigenvalue weighted by Gasteiger charge is -2.33. The lowest BCUT2D eigenvalue weighted by Crippen LogP contribution is -2.43. The Morgan fingerprint density at radius 1 is 0.964 bits per heavy atom. The van der Waals surface area contributed by atoms with Crippen molar-refractivity contribution < 1.29 is 18.7 Å². The van der Waals surface area contributed by atoms with Gasteiger partial charge in [-0.05, 0) is 24.3 Å². The van der Waals surface area contributed by atoms with E-state index in [-0.39, 0.29) is 42.9 Å². The Bertz CT molecular complexity index is 982. The fourth-order valence-electron chi connectivity index (χ4n) is 3.41. The Hall–Kier alpha value is -3.23. The summed E-state index contributed by atoms with van der Waals surface area (Å²) in [6.07, 6.45) is 3.15. The molecule has 0 atom stereocenters. The molecule has 0 unspecified atom stereocenters. The van der Waals surface area contributed by atoms with Crippen LogP contribution in [0.3, 0.4) is 0 Å². The zero-order chi connectivity index (χ0) is 20.4. The van der Waals surface area contributed by atoms with Crippen molar-refractivity contribution in [2.75, 3.05) is 0 Å². The van der Waals surface area contributed by atoms with Gasteiger partial charge in [0.2, 0.25) is 0 Å². The first-order valence-corrected chi connectivity index (χ1v) is 8.55. The smallest absolute Gasteiger partial charge is 0.290 e. The fourth-order valence-corrected chi connectivity index (χ4v) is 3.41. The molecule has 2 saturated carbocycles. The minimum Gasteiger partial charge on any atom is -0.392 e. The van der Waals surface area contributed by atoms with E-state index in [1.165, 1.54) is 36.7 Å². The van der Waals surface area contributed by atoms with Crippen LogP contribution < -0.4 is 0 Å². The molecule has 0 saturated heterocycles. The minimum atomic E-state index is -1.03. The lowest BCUT2D eigenvalue weighted by molar-refractivity contribution is -0.127. The molecule has 28 heavy (non-hydrogen) atoms. The van der Waals surface area contributed by atoms with E-state index in [1.54, 1.807) is 0 Å². The standard InChI is InChI=1S/C10H9FN2O.C10H7FN2O/c2*1-12-10(5-7(14)6-10)9-8(11)3-2-4-13-9/h2-4,7,14H,5-6H2;2-4H,5-6H2. The number of Topliss-reactive ketones (excluding diaryl/α,β-unsaturated/α-hetero) is 1. The number of rotatable bonds is 2. The number of carbonyl (C=O) groups excluding carboxylic acids is 1. The summed E-state index contributed by atoms with van der Waals surface area (Å²) in [6.45, 7) is 14.0. The van der Waals surface area contributed by atoms with Gasteiger partial charge in [0, 0.05) is 12.4 Å². The van der Waals surface area contributed by atoms with Crippen LogP contribution in [-0.2, 0) is 15.9 Å². The van der Waals surface area contributed by atoms with Gasteiger partial charge in [0.25, 0.3) is 11.1 Å². The molecular formula is C20H16F2N4O2. The van der Waals surface area contributed by atoms with Crippen LogP contribution >= 0.6 is 0 Å². The molecule has 1 N–H and O–H groups in total. The number of ketones is 1. The second-order valence-corrected chi connectivity index (χ2v) is 6.91. The van der Waals surface area contributed by atoms with E-state index in [9.17, 15) is 18.7 Å². The summed E-state index contributed by atoms with van der Waals surface area (Å²) in [7, 11) is 0. The van der Waals surface area contributed by atoms with Crippen molar-refractivity contribution in [1.82, 2.24) is 9.97 Å². The van der Waals surface area contributed by atoms with Crippen LogP contribution in [0.4, 0.5) is 8.78 Å². The molecule has 2 fully saturated rings. The Morgan fingerprint density at radius 3 is 1.79 bits per heavy atom. The van der Waals surface area contributed by atoms with Crippen LogP contribution in [0.2, 0.25) is 0 Å². The number of nitrogens with zero attached hydrogens (tertiary/aromatic N) is 4. The number of carbonyl (C=O) groups is 1. The van der Waals surface area contributed by atoms with Crippen LogP contribution in [0, 0.1) is 24.8 Å². The monoisotopic (exact) mass is 382 g/mol. The Balaban J connectivity index is 0.000000161. The first kappa shape index (κ1) is 19.5. The Morgan fingerprint density at radius 2 is 1.43 bits per heavy atom. The van der Waals surface area contributed by atoms with E-state index in [2.05, 4.69) is 19.7 Å². The van der Waals surface area contributed by atoms with Crippen molar-refractivity contribution in [2.45, 2.75) is 42.9 Å². The molecular weight excluding hydrogens is 366 g/mol. The molecule has 0 radical (unpaired) electrons. The predicted molar refractivity (Wildman–Crippen MR) is 94.4 cm³/mol. The first-order chi connectivity index (χ1) is 13.4. The van der Waals surface area contributed by atoms with Crippen molar-refractivity contribution in [3.05, 3.63) is 82.5 Å². The maximum absolute atomic E-state index is 13.3. The summed E-state index contributed by atoms with van der Waals surface area (Å²) in [5.41, 5.74) is -1.68. The fraction of sp³-hybridized carbons (Fsp3) is 0.350. The molecule has 6 nitrogen and oxygen atoms in total. The van der Waals surface area contributed by atoms with E-state index in [0.717, 1.165) is 0 Å². The SMILES string of the molecule is [C-]#[N+]C1(c2ncccc2F)CC(=O)C1.[C-]#[N+]C1(c2ncccc2F)CC(O)C1. The molecule has 0 aliphatic heterocycles. The van der Waals surface area contributed by atoms with Gasteiger partial charge in [-0.3, -0.25) is 4.79 Å². The maximum Gasteiger partial charge on any atom is 0.290 e. The zero-order valence-electron chi connectivity index (χ0n) is 14.8. The van der Waals surface area contributed by atoms with E-state index < -0.39 is 28.8 Å². The molecule has 8 heteroatoms.